The SMILES string of the molecule is CCCC1CCC(c2ccc(Oc3ccc(N)cc3)cc2)CC1. The average Bonchev–Trinajstić information content (AvgIpc) is 2.59. The van der Waals surface area contributed by atoms with Gasteiger partial charge in [-0.1, -0.05) is 31.9 Å². The number of hydrogen-bond donors (Lipinski definition) is 1. The predicted molar refractivity (Wildman–Crippen MR) is 97.0 cm³/mol. The van der Waals surface area contributed by atoms with Crippen molar-refractivity contribution in [3.63, 3.8) is 0 Å². The fourth-order valence-electron chi connectivity index (χ4n) is 3.67. The highest BCUT2D eigenvalue weighted by Crippen LogP contribution is 2.38. The van der Waals surface area contributed by atoms with Gasteiger partial charge in [0.2, 0.25) is 0 Å². The maximum Gasteiger partial charge on any atom is 0.127 e. The summed E-state index contributed by atoms with van der Waals surface area (Å²) in [5, 5.41) is 0. The van der Waals surface area contributed by atoms with Crippen molar-refractivity contribution < 1.29 is 4.74 Å². The third-order valence-electron chi connectivity index (χ3n) is 5.01. The van der Waals surface area contributed by atoms with E-state index in [0.29, 0.717) is 0 Å². The topological polar surface area (TPSA) is 35.2 Å². The molecule has 0 radical (unpaired) electrons. The quantitative estimate of drug-likeness (QED) is 0.674. The summed E-state index contributed by atoms with van der Waals surface area (Å²) in [7, 11) is 0. The zero-order chi connectivity index (χ0) is 16.1. The summed E-state index contributed by atoms with van der Waals surface area (Å²) in [4.78, 5) is 0. The van der Waals surface area contributed by atoms with Crippen LogP contribution < -0.4 is 10.5 Å². The Morgan fingerprint density at radius 2 is 1.43 bits per heavy atom. The van der Waals surface area contributed by atoms with E-state index in [0.717, 1.165) is 29.0 Å². The fraction of sp³-hybridized carbons (Fsp3) is 0.429. The molecule has 1 fully saturated rings. The van der Waals surface area contributed by atoms with Crippen molar-refractivity contribution in [3.05, 3.63) is 54.1 Å². The van der Waals surface area contributed by atoms with Gasteiger partial charge < -0.3 is 10.5 Å². The molecule has 2 nitrogen and oxygen atoms in total. The van der Waals surface area contributed by atoms with Crippen molar-refractivity contribution in [1.82, 2.24) is 0 Å². The van der Waals surface area contributed by atoms with E-state index in [1.807, 2.05) is 24.3 Å². The molecule has 0 spiro atoms. The van der Waals surface area contributed by atoms with E-state index in [1.54, 1.807) is 0 Å². The number of nitrogen functional groups attached to an aromatic ring is 1. The zero-order valence-electron chi connectivity index (χ0n) is 14.0. The summed E-state index contributed by atoms with van der Waals surface area (Å²) in [6.07, 6.45) is 8.18. The summed E-state index contributed by atoms with van der Waals surface area (Å²) >= 11 is 0. The van der Waals surface area contributed by atoms with Gasteiger partial charge in [0.1, 0.15) is 11.5 Å². The molecule has 3 rings (SSSR count). The molecule has 0 aliphatic heterocycles. The van der Waals surface area contributed by atoms with Gasteiger partial charge in [0.25, 0.3) is 0 Å². The molecular weight excluding hydrogens is 282 g/mol. The Morgan fingerprint density at radius 1 is 0.870 bits per heavy atom. The molecule has 2 aromatic rings. The lowest BCUT2D eigenvalue weighted by atomic mass is 9.77. The molecule has 0 unspecified atom stereocenters. The summed E-state index contributed by atoms with van der Waals surface area (Å²) in [5.74, 6) is 3.41. The number of anilines is 1. The predicted octanol–water partition coefficient (Wildman–Crippen LogP) is 6.14. The number of rotatable bonds is 5. The van der Waals surface area contributed by atoms with Gasteiger partial charge in [0, 0.05) is 5.69 Å². The van der Waals surface area contributed by atoms with Crippen molar-refractivity contribution >= 4 is 5.69 Å². The lowest BCUT2D eigenvalue weighted by Gasteiger charge is -2.28. The Bertz CT molecular complexity index is 595. The number of ether oxygens (including phenoxy) is 1. The van der Waals surface area contributed by atoms with Gasteiger partial charge in [-0.25, -0.2) is 0 Å². The van der Waals surface area contributed by atoms with Crippen LogP contribution in [0.1, 0.15) is 56.9 Å². The summed E-state index contributed by atoms with van der Waals surface area (Å²) in [6.45, 7) is 2.30. The van der Waals surface area contributed by atoms with Crippen LogP contribution in [0.3, 0.4) is 0 Å². The number of hydrogen-bond acceptors (Lipinski definition) is 2. The van der Waals surface area contributed by atoms with Gasteiger partial charge in [0.15, 0.2) is 0 Å². The molecule has 0 atom stereocenters. The van der Waals surface area contributed by atoms with E-state index >= 15 is 0 Å². The maximum absolute atomic E-state index is 5.87. The van der Waals surface area contributed by atoms with Gasteiger partial charge in [-0.3, -0.25) is 0 Å². The van der Waals surface area contributed by atoms with Crippen molar-refractivity contribution in [2.75, 3.05) is 5.73 Å². The molecule has 2 N–H and O–H groups in total. The lowest BCUT2D eigenvalue weighted by molar-refractivity contribution is 0.308. The van der Waals surface area contributed by atoms with Crippen LogP contribution in [0.4, 0.5) is 5.69 Å². The Morgan fingerprint density at radius 3 is 2.00 bits per heavy atom. The Labute approximate surface area is 139 Å². The zero-order valence-corrected chi connectivity index (χ0v) is 14.0. The van der Waals surface area contributed by atoms with Crippen LogP contribution in [-0.2, 0) is 0 Å². The molecule has 0 amide bonds. The molecule has 122 valence electrons. The minimum atomic E-state index is 0.730. The molecule has 23 heavy (non-hydrogen) atoms. The molecule has 0 aromatic heterocycles. The molecule has 1 saturated carbocycles. The first kappa shape index (κ1) is 15.9. The normalized spacial score (nSPS) is 21.1. The highest BCUT2D eigenvalue weighted by Gasteiger charge is 2.21. The summed E-state index contributed by atoms with van der Waals surface area (Å²) < 4.78 is 5.87. The van der Waals surface area contributed by atoms with E-state index in [2.05, 4.69) is 31.2 Å². The molecule has 1 aliphatic rings. The first-order valence-corrected chi connectivity index (χ1v) is 8.88. The number of nitrogens with two attached hydrogens (primary N) is 1. The van der Waals surface area contributed by atoms with E-state index in [4.69, 9.17) is 10.5 Å². The van der Waals surface area contributed by atoms with Crippen LogP contribution in [0.5, 0.6) is 11.5 Å². The minimum absolute atomic E-state index is 0.730. The Kier molecular flexibility index (Phi) is 5.22. The minimum Gasteiger partial charge on any atom is -0.457 e. The number of benzene rings is 2. The third-order valence-corrected chi connectivity index (χ3v) is 5.01. The highest BCUT2D eigenvalue weighted by atomic mass is 16.5. The van der Waals surface area contributed by atoms with E-state index < -0.39 is 0 Å². The Balaban J connectivity index is 1.58. The molecule has 0 bridgehead atoms. The second kappa shape index (κ2) is 7.54. The fourth-order valence-corrected chi connectivity index (χ4v) is 3.67. The standard InChI is InChI=1S/C21H27NO/c1-2-3-16-4-6-17(7-5-16)18-8-12-20(13-9-18)23-21-14-10-19(22)11-15-21/h8-17H,2-7,22H2,1H3. The summed E-state index contributed by atoms with van der Waals surface area (Å²) in [5.41, 5.74) is 7.91. The lowest BCUT2D eigenvalue weighted by Crippen LogP contribution is -2.13. The van der Waals surface area contributed by atoms with Gasteiger partial charge in [0.05, 0.1) is 0 Å². The monoisotopic (exact) mass is 309 g/mol. The second-order valence-corrected chi connectivity index (χ2v) is 6.75. The van der Waals surface area contributed by atoms with Gasteiger partial charge in [-0.05, 0) is 79.5 Å². The molecule has 0 saturated heterocycles. The molecule has 2 heteroatoms. The first-order chi connectivity index (χ1) is 11.2. The van der Waals surface area contributed by atoms with Crippen LogP contribution in [-0.4, -0.2) is 0 Å². The van der Waals surface area contributed by atoms with E-state index in [1.165, 1.54) is 44.1 Å². The van der Waals surface area contributed by atoms with Gasteiger partial charge >= 0.3 is 0 Å². The van der Waals surface area contributed by atoms with Crippen LogP contribution >= 0.6 is 0 Å². The van der Waals surface area contributed by atoms with E-state index in [9.17, 15) is 0 Å². The summed E-state index contributed by atoms with van der Waals surface area (Å²) in [6, 6.07) is 16.2. The van der Waals surface area contributed by atoms with Crippen molar-refractivity contribution in [1.29, 1.82) is 0 Å². The third kappa shape index (κ3) is 4.28. The molecule has 2 aromatic carbocycles. The smallest absolute Gasteiger partial charge is 0.127 e. The molecule has 1 aliphatic carbocycles. The Hall–Kier alpha value is -1.96. The van der Waals surface area contributed by atoms with Crippen LogP contribution in [0.25, 0.3) is 0 Å². The maximum atomic E-state index is 5.87. The van der Waals surface area contributed by atoms with Crippen LogP contribution in [0.15, 0.2) is 48.5 Å². The molecular formula is C21H27NO. The van der Waals surface area contributed by atoms with Crippen molar-refractivity contribution in [2.24, 2.45) is 5.92 Å². The highest BCUT2D eigenvalue weighted by molar-refractivity contribution is 5.43. The second-order valence-electron chi connectivity index (χ2n) is 6.75. The van der Waals surface area contributed by atoms with Gasteiger partial charge in [-0.15, -0.1) is 0 Å². The average molecular weight is 309 g/mol. The van der Waals surface area contributed by atoms with Gasteiger partial charge in [-0.2, -0.15) is 0 Å². The van der Waals surface area contributed by atoms with E-state index in [-0.39, 0.29) is 0 Å². The largest absolute Gasteiger partial charge is 0.457 e. The van der Waals surface area contributed by atoms with Crippen LogP contribution in [0, 0.1) is 5.92 Å². The molecule has 0 heterocycles. The van der Waals surface area contributed by atoms with Crippen molar-refractivity contribution in [2.45, 2.75) is 51.4 Å². The van der Waals surface area contributed by atoms with Crippen LogP contribution in [0.2, 0.25) is 0 Å². The van der Waals surface area contributed by atoms with Crippen molar-refractivity contribution in [3.8, 4) is 11.5 Å². The first-order valence-electron chi connectivity index (χ1n) is 8.88.